The molecular weight excluding hydrogens is 372 g/mol. The molecule has 0 saturated carbocycles. The minimum atomic E-state index is -0.146. The van der Waals surface area contributed by atoms with E-state index in [0.29, 0.717) is 27.4 Å². The van der Waals surface area contributed by atoms with Crippen LogP contribution in [0, 0.1) is 0 Å². The van der Waals surface area contributed by atoms with Crippen LogP contribution in [0.25, 0.3) is 11.4 Å². The summed E-state index contributed by atoms with van der Waals surface area (Å²) in [4.78, 5) is 12.2. The van der Waals surface area contributed by atoms with E-state index in [4.69, 9.17) is 16.3 Å². The van der Waals surface area contributed by atoms with Crippen molar-refractivity contribution in [3.05, 3.63) is 53.6 Å². The van der Waals surface area contributed by atoms with E-state index in [1.54, 1.807) is 25.3 Å². The van der Waals surface area contributed by atoms with Crippen molar-refractivity contribution < 1.29 is 9.53 Å². The molecule has 0 radical (unpaired) electrons. The molecule has 3 aromatic rings. The predicted molar refractivity (Wildman–Crippen MR) is 104 cm³/mol. The first-order valence-electron chi connectivity index (χ1n) is 7.79. The van der Waals surface area contributed by atoms with E-state index in [0.717, 1.165) is 5.56 Å². The average Bonchev–Trinajstić information content (AvgIpc) is 3.01. The molecule has 0 bridgehead atoms. The van der Waals surface area contributed by atoms with Crippen molar-refractivity contribution in [1.82, 2.24) is 14.8 Å². The Bertz CT molecular complexity index is 929. The SMILES string of the molecule is COc1ccccc1NC(=O)CSc1nnc(-c2cccc(Cl)c2)n1C. The van der Waals surface area contributed by atoms with Crippen molar-refractivity contribution in [3.63, 3.8) is 0 Å². The molecule has 0 aliphatic heterocycles. The molecule has 134 valence electrons. The lowest BCUT2D eigenvalue weighted by Crippen LogP contribution is -2.15. The molecule has 0 atom stereocenters. The zero-order chi connectivity index (χ0) is 18.5. The minimum Gasteiger partial charge on any atom is -0.495 e. The van der Waals surface area contributed by atoms with Crippen LogP contribution in [0.2, 0.25) is 5.02 Å². The Morgan fingerprint density at radius 1 is 1.23 bits per heavy atom. The highest BCUT2D eigenvalue weighted by atomic mass is 35.5. The maximum Gasteiger partial charge on any atom is 0.234 e. The van der Waals surface area contributed by atoms with Crippen molar-refractivity contribution in [2.24, 2.45) is 7.05 Å². The van der Waals surface area contributed by atoms with Crippen LogP contribution in [0.4, 0.5) is 5.69 Å². The molecule has 0 spiro atoms. The Balaban J connectivity index is 1.66. The molecule has 0 aliphatic rings. The van der Waals surface area contributed by atoms with Gasteiger partial charge in [0, 0.05) is 17.6 Å². The van der Waals surface area contributed by atoms with Crippen LogP contribution in [-0.4, -0.2) is 33.5 Å². The number of ether oxygens (including phenoxy) is 1. The molecule has 0 aliphatic carbocycles. The number of halogens is 1. The molecule has 3 rings (SSSR count). The van der Waals surface area contributed by atoms with Gasteiger partial charge in [0.05, 0.1) is 18.6 Å². The number of hydrogen-bond donors (Lipinski definition) is 1. The number of rotatable bonds is 6. The first-order chi connectivity index (χ1) is 12.6. The fraction of sp³-hybridized carbons (Fsp3) is 0.167. The highest BCUT2D eigenvalue weighted by Crippen LogP contribution is 2.26. The molecule has 26 heavy (non-hydrogen) atoms. The third-order valence-electron chi connectivity index (χ3n) is 3.63. The molecule has 8 heteroatoms. The third-order valence-corrected chi connectivity index (χ3v) is 4.89. The first kappa shape index (κ1) is 18.3. The molecule has 0 fully saturated rings. The number of para-hydroxylation sites is 2. The lowest BCUT2D eigenvalue weighted by atomic mass is 10.2. The lowest BCUT2D eigenvalue weighted by molar-refractivity contribution is -0.113. The van der Waals surface area contributed by atoms with Gasteiger partial charge >= 0.3 is 0 Å². The molecular formula is C18H17ClN4O2S. The van der Waals surface area contributed by atoms with Crippen LogP contribution >= 0.6 is 23.4 Å². The zero-order valence-electron chi connectivity index (χ0n) is 14.3. The van der Waals surface area contributed by atoms with Gasteiger partial charge in [-0.2, -0.15) is 0 Å². The van der Waals surface area contributed by atoms with Crippen molar-refractivity contribution in [2.45, 2.75) is 5.16 Å². The minimum absolute atomic E-state index is 0.146. The number of thioether (sulfide) groups is 1. The molecule has 0 unspecified atom stereocenters. The summed E-state index contributed by atoms with van der Waals surface area (Å²) in [5.41, 5.74) is 1.51. The highest BCUT2D eigenvalue weighted by Gasteiger charge is 2.14. The van der Waals surface area contributed by atoms with E-state index in [2.05, 4.69) is 15.5 Å². The molecule has 1 N–H and O–H groups in total. The summed E-state index contributed by atoms with van der Waals surface area (Å²) in [6.45, 7) is 0. The standard InChI is InChI=1S/C18H17ClN4O2S/c1-23-17(12-6-5-7-13(19)10-12)21-22-18(23)26-11-16(24)20-14-8-3-4-9-15(14)25-2/h3-10H,11H2,1-2H3,(H,20,24). The number of benzene rings is 2. The fourth-order valence-electron chi connectivity index (χ4n) is 2.38. The van der Waals surface area contributed by atoms with Crippen molar-refractivity contribution in [2.75, 3.05) is 18.2 Å². The molecule has 6 nitrogen and oxygen atoms in total. The number of carbonyl (C=O) groups is 1. The Kier molecular flexibility index (Phi) is 5.80. The summed E-state index contributed by atoms with van der Waals surface area (Å²) >= 11 is 7.34. The Labute approximate surface area is 160 Å². The number of aromatic nitrogens is 3. The van der Waals surface area contributed by atoms with Gasteiger partial charge in [-0.25, -0.2) is 0 Å². The average molecular weight is 389 g/mol. The number of methoxy groups -OCH3 is 1. The van der Waals surface area contributed by atoms with Crippen LogP contribution in [0.3, 0.4) is 0 Å². The Morgan fingerprint density at radius 2 is 2.04 bits per heavy atom. The van der Waals surface area contributed by atoms with E-state index in [9.17, 15) is 4.79 Å². The van der Waals surface area contributed by atoms with Crippen LogP contribution < -0.4 is 10.1 Å². The summed E-state index contributed by atoms with van der Waals surface area (Å²) in [5.74, 6) is 1.37. The second kappa shape index (κ2) is 8.25. The van der Waals surface area contributed by atoms with Crippen molar-refractivity contribution in [3.8, 4) is 17.1 Å². The third kappa shape index (κ3) is 4.17. The predicted octanol–water partition coefficient (Wildman–Crippen LogP) is 3.87. The summed E-state index contributed by atoms with van der Waals surface area (Å²) in [7, 11) is 3.42. The zero-order valence-corrected chi connectivity index (χ0v) is 15.8. The molecule has 1 aromatic heterocycles. The fourth-order valence-corrected chi connectivity index (χ4v) is 3.29. The van der Waals surface area contributed by atoms with Crippen molar-refractivity contribution in [1.29, 1.82) is 0 Å². The van der Waals surface area contributed by atoms with Crippen LogP contribution in [0.15, 0.2) is 53.7 Å². The topological polar surface area (TPSA) is 69.0 Å². The molecule has 1 heterocycles. The van der Waals surface area contributed by atoms with Gasteiger partial charge in [0.1, 0.15) is 5.75 Å². The van der Waals surface area contributed by atoms with Gasteiger partial charge in [0.2, 0.25) is 5.91 Å². The van der Waals surface area contributed by atoms with E-state index in [-0.39, 0.29) is 11.7 Å². The summed E-state index contributed by atoms with van der Waals surface area (Å²) in [6.07, 6.45) is 0. The smallest absolute Gasteiger partial charge is 0.234 e. The van der Waals surface area contributed by atoms with Gasteiger partial charge in [0.25, 0.3) is 0 Å². The summed E-state index contributed by atoms with van der Waals surface area (Å²) in [5, 5.41) is 12.5. The number of nitrogens with one attached hydrogen (secondary N) is 1. The molecule has 0 saturated heterocycles. The number of anilines is 1. The van der Waals surface area contributed by atoms with Gasteiger partial charge < -0.3 is 14.6 Å². The largest absolute Gasteiger partial charge is 0.495 e. The van der Waals surface area contributed by atoms with Gasteiger partial charge in [-0.3, -0.25) is 4.79 Å². The van der Waals surface area contributed by atoms with E-state index < -0.39 is 0 Å². The quantitative estimate of drug-likeness (QED) is 0.649. The van der Waals surface area contributed by atoms with Crippen LogP contribution in [0.1, 0.15) is 0 Å². The molecule has 1 amide bonds. The van der Waals surface area contributed by atoms with Gasteiger partial charge in [0.15, 0.2) is 11.0 Å². The monoisotopic (exact) mass is 388 g/mol. The first-order valence-corrected chi connectivity index (χ1v) is 9.16. The van der Waals surface area contributed by atoms with E-state index in [1.807, 2.05) is 41.9 Å². The van der Waals surface area contributed by atoms with Gasteiger partial charge in [-0.05, 0) is 24.3 Å². The summed E-state index contributed by atoms with van der Waals surface area (Å²) in [6, 6.07) is 14.7. The van der Waals surface area contributed by atoms with Crippen LogP contribution in [0.5, 0.6) is 5.75 Å². The molecule has 2 aromatic carbocycles. The number of nitrogens with zero attached hydrogens (tertiary/aromatic N) is 3. The normalized spacial score (nSPS) is 10.6. The Hall–Kier alpha value is -2.51. The maximum absolute atomic E-state index is 12.2. The van der Waals surface area contributed by atoms with E-state index >= 15 is 0 Å². The second-order valence-corrected chi connectivity index (χ2v) is 6.79. The highest BCUT2D eigenvalue weighted by molar-refractivity contribution is 7.99. The lowest BCUT2D eigenvalue weighted by Gasteiger charge is -2.09. The van der Waals surface area contributed by atoms with Crippen LogP contribution in [-0.2, 0) is 11.8 Å². The Morgan fingerprint density at radius 3 is 2.81 bits per heavy atom. The maximum atomic E-state index is 12.2. The number of carbonyl (C=O) groups excluding carboxylic acids is 1. The number of amides is 1. The summed E-state index contributed by atoms with van der Waals surface area (Å²) < 4.78 is 7.07. The van der Waals surface area contributed by atoms with Crippen molar-refractivity contribution >= 4 is 35.0 Å². The van der Waals surface area contributed by atoms with Gasteiger partial charge in [-0.15, -0.1) is 10.2 Å². The second-order valence-electron chi connectivity index (χ2n) is 5.41. The van der Waals surface area contributed by atoms with E-state index in [1.165, 1.54) is 11.8 Å². The van der Waals surface area contributed by atoms with Gasteiger partial charge in [-0.1, -0.05) is 47.6 Å². The number of hydrogen-bond acceptors (Lipinski definition) is 5.